The standard InChI is InChI=1S/C25H34N2O5S/c1-7-26(8-2)33(30,31)22-16-21(15-14-19(22)3)24(29)32-18-23(28)27(25(4,5)6)17-20-12-10-9-11-13-20/h9-16H,7-8,17-18H2,1-6H3. The van der Waals surface area contributed by atoms with E-state index in [9.17, 15) is 18.0 Å². The van der Waals surface area contributed by atoms with Crippen LogP contribution in [0.4, 0.5) is 0 Å². The monoisotopic (exact) mass is 474 g/mol. The summed E-state index contributed by atoms with van der Waals surface area (Å²) >= 11 is 0. The highest BCUT2D eigenvalue weighted by Crippen LogP contribution is 2.22. The first-order chi connectivity index (χ1) is 15.4. The van der Waals surface area contributed by atoms with Gasteiger partial charge in [0.25, 0.3) is 5.91 Å². The number of ether oxygens (including phenoxy) is 1. The molecule has 0 heterocycles. The van der Waals surface area contributed by atoms with Crippen molar-refractivity contribution in [2.24, 2.45) is 0 Å². The molecule has 0 radical (unpaired) electrons. The van der Waals surface area contributed by atoms with Gasteiger partial charge in [-0.2, -0.15) is 4.31 Å². The molecule has 0 unspecified atom stereocenters. The quantitative estimate of drug-likeness (QED) is 0.513. The zero-order chi connectivity index (χ0) is 24.8. The number of carbonyl (C=O) groups is 2. The highest BCUT2D eigenvalue weighted by Gasteiger charge is 2.28. The lowest BCUT2D eigenvalue weighted by atomic mass is 10.0. The van der Waals surface area contributed by atoms with Crippen LogP contribution < -0.4 is 0 Å². The second-order valence-electron chi connectivity index (χ2n) is 8.78. The average molecular weight is 475 g/mol. The van der Waals surface area contributed by atoms with E-state index in [1.807, 2.05) is 51.1 Å². The summed E-state index contributed by atoms with van der Waals surface area (Å²) in [6.45, 7) is 11.6. The van der Waals surface area contributed by atoms with Gasteiger partial charge in [0, 0.05) is 25.2 Å². The van der Waals surface area contributed by atoms with Crippen molar-refractivity contribution in [1.82, 2.24) is 9.21 Å². The van der Waals surface area contributed by atoms with Crippen molar-refractivity contribution in [2.45, 2.75) is 58.5 Å². The van der Waals surface area contributed by atoms with Gasteiger partial charge < -0.3 is 9.64 Å². The SMILES string of the molecule is CCN(CC)S(=O)(=O)c1cc(C(=O)OCC(=O)N(Cc2ccccc2)C(C)(C)C)ccc1C. The topological polar surface area (TPSA) is 84.0 Å². The molecule has 0 N–H and O–H groups in total. The normalized spacial score (nSPS) is 12.0. The third-order valence-electron chi connectivity index (χ3n) is 5.37. The van der Waals surface area contributed by atoms with E-state index >= 15 is 0 Å². The number of sulfonamides is 1. The largest absolute Gasteiger partial charge is 0.452 e. The predicted molar refractivity (Wildman–Crippen MR) is 128 cm³/mol. The Morgan fingerprint density at radius 2 is 1.58 bits per heavy atom. The number of benzene rings is 2. The van der Waals surface area contributed by atoms with Crippen LogP contribution in [0.1, 0.15) is 56.1 Å². The molecular weight excluding hydrogens is 440 g/mol. The fourth-order valence-electron chi connectivity index (χ4n) is 3.46. The molecule has 0 aliphatic carbocycles. The summed E-state index contributed by atoms with van der Waals surface area (Å²) in [6.07, 6.45) is 0. The molecule has 0 saturated carbocycles. The second kappa shape index (κ2) is 10.9. The van der Waals surface area contributed by atoms with Crippen LogP contribution in [0.5, 0.6) is 0 Å². The van der Waals surface area contributed by atoms with Crippen LogP contribution in [0.25, 0.3) is 0 Å². The van der Waals surface area contributed by atoms with Crippen LogP contribution in [-0.2, 0) is 26.1 Å². The second-order valence-corrected chi connectivity index (χ2v) is 10.7. The first-order valence-corrected chi connectivity index (χ1v) is 12.5. The maximum absolute atomic E-state index is 12.9. The van der Waals surface area contributed by atoms with Crippen molar-refractivity contribution in [3.63, 3.8) is 0 Å². The average Bonchev–Trinajstić information content (AvgIpc) is 2.76. The first-order valence-electron chi connectivity index (χ1n) is 11.0. The highest BCUT2D eigenvalue weighted by molar-refractivity contribution is 7.89. The molecule has 33 heavy (non-hydrogen) atoms. The number of carbonyl (C=O) groups excluding carboxylic acids is 2. The number of esters is 1. The van der Waals surface area contributed by atoms with Crippen LogP contribution >= 0.6 is 0 Å². The Hall–Kier alpha value is -2.71. The molecule has 0 aliphatic heterocycles. The summed E-state index contributed by atoms with van der Waals surface area (Å²) in [6, 6.07) is 14.0. The molecule has 2 aromatic rings. The minimum absolute atomic E-state index is 0.0624. The molecule has 0 bridgehead atoms. The fourth-order valence-corrected chi connectivity index (χ4v) is 5.17. The molecule has 0 aliphatic rings. The number of nitrogens with zero attached hydrogens (tertiary/aromatic N) is 2. The number of aryl methyl sites for hydroxylation is 1. The van der Waals surface area contributed by atoms with Crippen molar-refractivity contribution in [3.05, 3.63) is 65.2 Å². The van der Waals surface area contributed by atoms with Gasteiger partial charge in [0.2, 0.25) is 10.0 Å². The molecule has 7 nitrogen and oxygen atoms in total. The van der Waals surface area contributed by atoms with Crippen LogP contribution in [0.2, 0.25) is 0 Å². The number of hydrogen-bond donors (Lipinski definition) is 0. The number of rotatable bonds is 9. The van der Waals surface area contributed by atoms with Gasteiger partial charge in [-0.1, -0.05) is 50.2 Å². The van der Waals surface area contributed by atoms with Gasteiger partial charge in [-0.05, 0) is 51.0 Å². The number of hydrogen-bond acceptors (Lipinski definition) is 5. The van der Waals surface area contributed by atoms with Gasteiger partial charge in [-0.15, -0.1) is 0 Å². The van der Waals surface area contributed by atoms with Crippen LogP contribution in [-0.4, -0.2) is 54.7 Å². The van der Waals surface area contributed by atoms with Gasteiger partial charge in [0.1, 0.15) is 0 Å². The predicted octanol–water partition coefficient (Wildman–Crippen LogP) is 4.01. The van der Waals surface area contributed by atoms with Crippen LogP contribution in [0.3, 0.4) is 0 Å². The van der Waals surface area contributed by atoms with E-state index in [0.717, 1.165) is 5.56 Å². The van der Waals surface area contributed by atoms with Crippen LogP contribution in [0.15, 0.2) is 53.4 Å². The maximum Gasteiger partial charge on any atom is 0.338 e. The third kappa shape index (κ3) is 6.65. The fraction of sp³-hybridized carbons (Fsp3) is 0.440. The summed E-state index contributed by atoms with van der Waals surface area (Å²) in [7, 11) is -3.74. The molecule has 0 spiro atoms. The molecular formula is C25H34N2O5S. The Morgan fingerprint density at radius 1 is 0.970 bits per heavy atom. The highest BCUT2D eigenvalue weighted by atomic mass is 32.2. The van der Waals surface area contributed by atoms with E-state index in [1.54, 1.807) is 31.7 Å². The zero-order valence-electron chi connectivity index (χ0n) is 20.3. The van der Waals surface area contributed by atoms with Crippen molar-refractivity contribution >= 4 is 21.9 Å². The smallest absolute Gasteiger partial charge is 0.338 e. The van der Waals surface area contributed by atoms with Gasteiger partial charge in [0.15, 0.2) is 6.61 Å². The molecule has 8 heteroatoms. The van der Waals surface area contributed by atoms with Crippen LogP contribution in [0, 0.1) is 6.92 Å². The maximum atomic E-state index is 12.9. The Kier molecular flexibility index (Phi) is 8.80. The summed E-state index contributed by atoms with van der Waals surface area (Å²) in [5.41, 5.74) is 1.12. The summed E-state index contributed by atoms with van der Waals surface area (Å²) in [5.74, 6) is -1.07. The van der Waals surface area contributed by atoms with E-state index in [2.05, 4.69) is 0 Å². The minimum atomic E-state index is -3.74. The minimum Gasteiger partial charge on any atom is -0.452 e. The molecule has 180 valence electrons. The lowest BCUT2D eigenvalue weighted by molar-refractivity contribution is -0.140. The van der Waals surface area contributed by atoms with Crippen molar-refractivity contribution in [2.75, 3.05) is 19.7 Å². The molecule has 0 aromatic heterocycles. The van der Waals surface area contributed by atoms with Crippen molar-refractivity contribution in [1.29, 1.82) is 0 Å². The van der Waals surface area contributed by atoms with E-state index in [1.165, 1.54) is 16.4 Å². The Balaban J connectivity index is 2.18. The zero-order valence-corrected chi connectivity index (χ0v) is 21.1. The van der Waals surface area contributed by atoms with E-state index in [4.69, 9.17) is 4.74 Å². The van der Waals surface area contributed by atoms with E-state index < -0.39 is 28.1 Å². The van der Waals surface area contributed by atoms with Gasteiger partial charge in [-0.3, -0.25) is 4.79 Å². The molecule has 2 aromatic carbocycles. The van der Waals surface area contributed by atoms with Gasteiger partial charge in [0.05, 0.1) is 10.5 Å². The van der Waals surface area contributed by atoms with Gasteiger partial charge in [-0.25, -0.2) is 13.2 Å². The van der Waals surface area contributed by atoms with E-state index in [0.29, 0.717) is 25.2 Å². The summed E-state index contributed by atoms with van der Waals surface area (Å²) < 4.78 is 32.5. The molecule has 1 amide bonds. The van der Waals surface area contributed by atoms with Crippen molar-refractivity contribution in [3.8, 4) is 0 Å². The summed E-state index contributed by atoms with van der Waals surface area (Å²) in [5, 5.41) is 0. The lowest BCUT2D eigenvalue weighted by Crippen LogP contribution is -2.46. The lowest BCUT2D eigenvalue weighted by Gasteiger charge is -2.35. The first kappa shape index (κ1) is 26.5. The molecule has 2 rings (SSSR count). The summed E-state index contributed by atoms with van der Waals surface area (Å²) in [4.78, 5) is 27.3. The third-order valence-corrected chi connectivity index (χ3v) is 7.56. The van der Waals surface area contributed by atoms with E-state index in [-0.39, 0.29) is 16.4 Å². The Morgan fingerprint density at radius 3 is 2.12 bits per heavy atom. The molecule has 0 fully saturated rings. The Labute approximate surface area is 197 Å². The molecule has 0 atom stereocenters. The molecule has 0 saturated heterocycles. The Bertz CT molecular complexity index is 1070. The number of amides is 1. The van der Waals surface area contributed by atoms with Crippen molar-refractivity contribution < 1.29 is 22.7 Å². The van der Waals surface area contributed by atoms with Gasteiger partial charge >= 0.3 is 5.97 Å².